The fourth-order valence-corrected chi connectivity index (χ4v) is 2.68. The Hall–Kier alpha value is -1.27. The quantitative estimate of drug-likeness (QED) is 0.698. The SMILES string of the molecule is CCOc1c(Br)cc(CNc2ccc(Br)nc2)cc1OC. The van der Waals surface area contributed by atoms with Crippen LogP contribution in [0.2, 0.25) is 0 Å². The Morgan fingerprint density at radius 1 is 1.24 bits per heavy atom. The fourth-order valence-electron chi connectivity index (χ4n) is 1.84. The molecule has 1 aromatic heterocycles. The first-order chi connectivity index (χ1) is 10.1. The van der Waals surface area contributed by atoms with Gasteiger partial charge in [0.2, 0.25) is 0 Å². The van der Waals surface area contributed by atoms with E-state index in [2.05, 4.69) is 42.2 Å². The summed E-state index contributed by atoms with van der Waals surface area (Å²) >= 11 is 6.84. The zero-order chi connectivity index (χ0) is 15.2. The molecule has 6 heteroatoms. The highest BCUT2D eigenvalue weighted by Gasteiger charge is 2.11. The van der Waals surface area contributed by atoms with Crippen LogP contribution in [0.15, 0.2) is 39.5 Å². The summed E-state index contributed by atoms with van der Waals surface area (Å²) in [6.45, 7) is 3.21. The molecule has 0 radical (unpaired) electrons. The molecule has 0 bridgehead atoms. The first-order valence-corrected chi connectivity index (χ1v) is 8.07. The number of hydrogen-bond acceptors (Lipinski definition) is 4. The highest BCUT2D eigenvalue weighted by atomic mass is 79.9. The minimum Gasteiger partial charge on any atom is -0.493 e. The van der Waals surface area contributed by atoms with Gasteiger partial charge in [-0.1, -0.05) is 0 Å². The Bertz CT molecular complexity index is 603. The molecule has 0 saturated heterocycles. The van der Waals surface area contributed by atoms with Gasteiger partial charge in [0.1, 0.15) is 4.60 Å². The molecule has 0 amide bonds. The normalized spacial score (nSPS) is 10.3. The second kappa shape index (κ2) is 7.66. The van der Waals surface area contributed by atoms with Gasteiger partial charge in [-0.05, 0) is 68.6 Å². The molecule has 112 valence electrons. The van der Waals surface area contributed by atoms with E-state index in [4.69, 9.17) is 9.47 Å². The fraction of sp³-hybridized carbons (Fsp3) is 0.267. The van der Waals surface area contributed by atoms with Crippen LogP contribution in [0.3, 0.4) is 0 Å². The number of rotatable bonds is 6. The summed E-state index contributed by atoms with van der Waals surface area (Å²) in [7, 11) is 1.64. The number of nitrogens with one attached hydrogen (secondary N) is 1. The highest BCUT2D eigenvalue weighted by Crippen LogP contribution is 2.36. The Balaban J connectivity index is 2.13. The maximum absolute atomic E-state index is 5.58. The summed E-state index contributed by atoms with van der Waals surface area (Å²) in [6, 6.07) is 7.86. The summed E-state index contributed by atoms with van der Waals surface area (Å²) in [6.07, 6.45) is 1.78. The Kier molecular flexibility index (Phi) is 5.87. The molecule has 1 N–H and O–H groups in total. The lowest BCUT2D eigenvalue weighted by molar-refractivity contribution is 0.308. The maximum atomic E-state index is 5.58. The lowest BCUT2D eigenvalue weighted by Gasteiger charge is -2.14. The van der Waals surface area contributed by atoms with Crippen LogP contribution >= 0.6 is 31.9 Å². The first kappa shape index (κ1) is 16.1. The summed E-state index contributed by atoms with van der Waals surface area (Å²) in [5.41, 5.74) is 2.05. The van der Waals surface area contributed by atoms with E-state index in [1.807, 2.05) is 31.2 Å². The molecular weight excluding hydrogens is 400 g/mol. The van der Waals surface area contributed by atoms with Crippen LogP contribution in [-0.4, -0.2) is 18.7 Å². The van der Waals surface area contributed by atoms with E-state index in [0.29, 0.717) is 13.2 Å². The van der Waals surface area contributed by atoms with Gasteiger partial charge in [0, 0.05) is 6.54 Å². The van der Waals surface area contributed by atoms with Crippen molar-refractivity contribution in [2.45, 2.75) is 13.5 Å². The van der Waals surface area contributed by atoms with E-state index < -0.39 is 0 Å². The molecule has 0 aliphatic carbocycles. The molecule has 0 aliphatic rings. The molecule has 2 rings (SSSR count). The van der Waals surface area contributed by atoms with Crippen molar-refractivity contribution in [3.05, 3.63) is 45.1 Å². The second-order valence-electron chi connectivity index (χ2n) is 4.27. The van der Waals surface area contributed by atoms with Crippen molar-refractivity contribution in [2.75, 3.05) is 19.0 Å². The van der Waals surface area contributed by atoms with E-state index in [0.717, 1.165) is 31.8 Å². The van der Waals surface area contributed by atoms with Crippen molar-refractivity contribution in [3.8, 4) is 11.5 Å². The van der Waals surface area contributed by atoms with Gasteiger partial charge in [0.15, 0.2) is 11.5 Å². The Morgan fingerprint density at radius 2 is 2.05 bits per heavy atom. The number of hydrogen-bond donors (Lipinski definition) is 1. The van der Waals surface area contributed by atoms with Gasteiger partial charge < -0.3 is 14.8 Å². The molecule has 1 heterocycles. The number of ether oxygens (including phenoxy) is 2. The summed E-state index contributed by atoms with van der Waals surface area (Å²) in [5.74, 6) is 1.45. The maximum Gasteiger partial charge on any atom is 0.175 e. The van der Waals surface area contributed by atoms with Crippen LogP contribution in [-0.2, 0) is 6.54 Å². The van der Waals surface area contributed by atoms with Gasteiger partial charge in [0.25, 0.3) is 0 Å². The van der Waals surface area contributed by atoms with Gasteiger partial charge in [-0.3, -0.25) is 0 Å². The van der Waals surface area contributed by atoms with Gasteiger partial charge in [-0.15, -0.1) is 0 Å². The second-order valence-corrected chi connectivity index (χ2v) is 5.93. The van der Waals surface area contributed by atoms with Crippen molar-refractivity contribution in [1.29, 1.82) is 0 Å². The van der Waals surface area contributed by atoms with Crippen LogP contribution in [0.5, 0.6) is 11.5 Å². The number of pyridine rings is 1. The predicted molar refractivity (Wildman–Crippen MR) is 91.1 cm³/mol. The molecule has 4 nitrogen and oxygen atoms in total. The lowest BCUT2D eigenvalue weighted by Crippen LogP contribution is -2.02. The molecule has 1 aromatic carbocycles. The standard InChI is InChI=1S/C15H16Br2N2O2/c1-3-21-15-12(16)6-10(7-13(15)20-2)8-18-11-4-5-14(17)19-9-11/h4-7,9,18H,3,8H2,1-2H3. The van der Waals surface area contributed by atoms with Crippen LogP contribution in [0.4, 0.5) is 5.69 Å². The number of benzene rings is 1. The van der Waals surface area contributed by atoms with Crippen molar-refractivity contribution < 1.29 is 9.47 Å². The number of nitrogens with zero attached hydrogens (tertiary/aromatic N) is 1. The average molecular weight is 416 g/mol. The van der Waals surface area contributed by atoms with E-state index >= 15 is 0 Å². The largest absolute Gasteiger partial charge is 0.493 e. The van der Waals surface area contributed by atoms with Crippen LogP contribution in [0.25, 0.3) is 0 Å². The predicted octanol–water partition coefficient (Wildman–Crippen LogP) is 4.63. The van der Waals surface area contributed by atoms with Gasteiger partial charge in [-0.25, -0.2) is 4.98 Å². The summed E-state index contributed by atoms with van der Waals surface area (Å²) < 4.78 is 12.7. The molecule has 2 aromatic rings. The number of methoxy groups -OCH3 is 1. The molecular formula is C15H16Br2N2O2. The zero-order valence-corrected chi connectivity index (χ0v) is 15.0. The third-order valence-corrected chi connectivity index (χ3v) is 3.86. The first-order valence-electron chi connectivity index (χ1n) is 6.48. The minimum absolute atomic E-state index is 0.594. The average Bonchev–Trinajstić information content (AvgIpc) is 2.49. The van der Waals surface area contributed by atoms with E-state index in [1.165, 1.54) is 0 Å². The summed E-state index contributed by atoms with van der Waals surface area (Å²) in [5, 5.41) is 3.32. The Labute approximate surface area is 141 Å². The van der Waals surface area contributed by atoms with Crippen LogP contribution < -0.4 is 14.8 Å². The molecule has 0 unspecified atom stereocenters. The Morgan fingerprint density at radius 3 is 2.67 bits per heavy atom. The van der Waals surface area contributed by atoms with Crippen molar-refractivity contribution in [2.24, 2.45) is 0 Å². The van der Waals surface area contributed by atoms with E-state index in [-0.39, 0.29) is 0 Å². The number of halogens is 2. The smallest absolute Gasteiger partial charge is 0.175 e. The van der Waals surface area contributed by atoms with Crippen molar-refractivity contribution in [3.63, 3.8) is 0 Å². The molecule has 0 atom stereocenters. The summed E-state index contributed by atoms with van der Waals surface area (Å²) in [4.78, 5) is 4.18. The van der Waals surface area contributed by atoms with E-state index in [9.17, 15) is 0 Å². The molecule has 21 heavy (non-hydrogen) atoms. The minimum atomic E-state index is 0.594. The molecule has 0 saturated carbocycles. The molecule has 0 spiro atoms. The monoisotopic (exact) mass is 414 g/mol. The topological polar surface area (TPSA) is 43.4 Å². The highest BCUT2D eigenvalue weighted by molar-refractivity contribution is 9.10. The van der Waals surface area contributed by atoms with Crippen molar-refractivity contribution >= 4 is 37.5 Å². The third-order valence-electron chi connectivity index (χ3n) is 2.80. The van der Waals surface area contributed by atoms with Gasteiger partial charge in [-0.2, -0.15) is 0 Å². The van der Waals surface area contributed by atoms with Crippen LogP contribution in [0.1, 0.15) is 12.5 Å². The lowest BCUT2D eigenvalue weighted by atomic mass is 10.2. The van der Waals surface area contributed by atoms with E-state index in [1.54, 1.807) is 13.3 Å². The van der Waals surface area contributed by atoms with Crippen LogP contribution in [0, 0.1) is 0 Å². The zero-order valence-electron chi connectivity index (χ0n) is 11.8. The third kappa shape index (κ3) is 4.35. The van der Waals surface area contributed by atoms with Gasteiger partial charge >= 0.3 is 0 Å². The molecule has 0 aliphatic heterocycles. The van der Waals surface area contributed by atoms with Gasteiger partial charge in [0.05, 0.1) is 30.1 Å². The van der Waals surface area contributed by atoms with Crippen molar-refractivity contribution in [1.82, 2.24) is 4.98 Å². The molecule has 0 fully saturated rings. The number of aromatic nitrogens is 1. The number of anilines is 1.